The minimum atomic E-state index is -6.60. The summed E-state index contributed by atoms with van der Waals surface area (Å²) in [5, 5.41) is 14.3. The van der Waals surface area contributed by atoms with Gasteiger partial charge < -0.3 is 9.84 Å². The summed E-state index contributed by atoms with van der Waals surface area (Å²) in [5.74, 6) is -13.3. The predicted molar refractivity (Wildman–Crippen MR) is 130 cm³/mol. The number of ether oxygens (including phenoxy) is 1. The molecule has 1 aliphatic heterocycles. The minimum absolute atomic E-state index is 0.107. The van der Waals surface area contributed by atoms with E-state index in [1.165, 1.54) is 20.8 Å². The van der Waals surface area contributed by atoms with E-state index in [0.29, 0.717) is 0 Å². The maximum absolute atomic E-state index is 14.4. The largest absolute Gasteiger partial charge is 0.484 e. The van der Waals surface area contributed by atoms with E-state index in [0.717, 1.165) is 11.1 Å². The van der Waals surface area contributed by atoms with Gasteiger partial charge in [0.15, 0.2) is 12.3 Å². The second-order valence-electron chi connectivity index (χ2n) is 10.9. The molecule has 39 heavy (non-hydrogen) atoms. The number of carbonyl (C=O) groups excluding carboxylic acids is 1. The highest BCUT2D eigenvalue weighted by Gasteiger charge is 2.76. The van der Waals surface area contributed by atoms with Gasteiger partial charge in [-0.25, -0.2) is 0 Å². The molecule has 12 heteroatoms. The zero-order valence-electron chi connectivity index (χ0n) is 21.9. The van der Waals surface area contributed by atoms with Gasteiger partial charge >= 0.3 is 18.0 Å². The SMILES string of the molecule is CC(C)(c1ccccc1)c1ccc(OCC(=O)N2N=C(C(F)(F)C(F)(F)C(F)(F)F)C[C@]2(O)C(C)(C)C)cc1. The van der Waals surface area contributed by atoms with Gasteiger partial charge in [-0.3, -0.25) is 4.79 Å². The molecule has 0 radical (unpaired) electrons. The molecule has 2 aromatic rings. The van der Waals surface area contributed by atoms with Gasteiger partial charge in [0.2, 0.25) is 0 Å². The first-order valence-electron chi connectivity index (χ1n) is 11.9. The third kappa shape index (κ3) is 5.35. The Labute approximate surface area is 221 Å². The number of halogens is 7. The maximum Gasteiger partial charge on any atom is 0.460 e. The fourth-order valence-corrected chi connectivity index (χ4v) is 4.12. The van der Waals surface area contributed by atoms with E-state index in [4.69, 9.17) is 4.74 Å². The van der Waals surface area contributed by atoms with Crippen LogP contribution in [0.25, 0.3) is 0 Å². The third-order valence-electron chi connectivity index (χ3n) is 6.97. The lowest BCUT2D eigenvalue weighted by Crippen LogP contribution is -2.58. The van der Waals surface area contributed by atoms with E-state index in [2.05, 4.69) is 5.10 Å². The van der Waals surface area contributed by atoms with Gasteiger partial charge in [0.05, 0.1) is 0 Å². The average molecular weight is 563 g/mol. The highest BCUT2D eigenvalue weighted by atomic mass is 19.4. The molecule has 0 unspecified atom stereocenters. The van der Waals surface area contributed by atoms with Crippen molar-refractivity contribution in [2.45, 2.75) is 70.2 Å². The molecule has 1 amide bonds. The number of carbonyl (C=O) groups is 1. The lowest BCUT2D eigenvalue weighted by molar-refractivity contribution is -0.336. The lowest BCUT2D eigenvalue weighted by atomic mass is 9.78. The number of hydrogen-bond donors (Lipinski definition) is 1. The first-order chi connectivity index (χ1) is 17.7. The molecule has 0 aromatic heterocycles. The van der Waals surface area contributed by atoms with Gasteiger partial charge in [0, 0.05) is 17.3 Å². The molecule has 214 valence electrons. The van der Waals surface area contributed by atoms with Gasteiger partial charge in [0.1, 0.15) is 11.5 Å². The van der Waals surface area contributed by atoms with E-state index in [9.17, 15) is 40.6 Å². The summed E-state index contributed by atoms with van der Waals surface area (Å²) in [6.07, 6.45) is -8.02. The minimum Gasteiger partial charge on any atom is -0.484 e. The predicted octanol–water partition coefficient (Wildman–Crippen LogP) is 6.55. The molecule has 1 N–H and O–H groups in total. The van der Waals surface area contributed by atoms with Crippen LogP contribution in [0.4, 0.5) is 30.7 Å². The van der Waals surface area contributed by atoms with Crippen LogP contribution in [0, 0.1) is 5.41 Å². The Morgan fingerprint density at radius 1 is 0.897 bits per heavy atom. The number of hydrogen-bond acceptors (Lipinski definition) is 4. The van der Waals surface area contributed by atoms with Crippen LogP contribution >= 0.6 is 0 Å². The summed E-state index contributed by atoms with van der Waals surface area (Å²) >= 11 is 0. The van der Waals surface area contributed by atoms with Gasteiger partial charge in [-0.1, -0.05) is 77.1 Å². The molecule has 0 spiro atoms. The Hall–Kier alpha value is -3.15. The third-order valence-corrected chi connectivity index (χ3v) is 6.97. The molecule has 0 saturated heterocycles. The standard InChI is InChI=1S/C27H29F7N2O3/c1-22(2,3)24(38)15-20(25(28,29)26(30,31)27(32,33)34)35-36(24)21(37)16-39-19-13-11-18(12-14-19)23(4,5)17-9-7-6-8-10-17/h6-14,38H,15-16H2,1-5H3/t24-/m0/s1. The molecule has 5 nitrogen and oxygen atoms in total. The second-order valence-corrected chi connectivity index (χ2v) is 10.9. The highest BCUT2D eigenvalue weighted by Crippen LogP contribution is 2.51. The summed E-state index contributed by atoms with van der Waals surface area (Å²) in [7, 11) is 0. The number of hydrazone groups is 1. The molecule has 2 aromatic carbocycles. The fraction of sp³-hybridized carbons (Fsp3) is 0.481. The molecule has 3 rings (SSSR count). The van der Waals surface area contributed by atoms with Crippen molar-refractivity contribution in [2.24, 2.45) is 10.5 Å². The Balaban J connectivity index is 1.83. The van der Waals surface area contributed by atoms with Crippen molar-refractivity contribution in [1.82, 2.24) is 5.01 Å². The molecule has 1 atom stereocenters. The Morgan fingerprint density at radius 2 is 1.41 bits per heavy atom. The molecule has 0 bridgehead atoms. The number of aliphatic hydroxyl groups is 1. The smallest absolute Gasteiger partial charge is 0.460 e. The van der Waals surface area contributed by atoms with E-state index in [1.807, 2.05) is 44.2 Å². The van der Waals surface area contributed by atoms with Crippen molar-refractivity contribution >= 4 is 11.6 Å². The van der Waals surface area contributed by atoms with Crippen molar-refractivity contribution in [3.63, 3.8) is 0 Å². The molecule has 0 saturated carbocycles. The average Bonchev–Trinajstić information content (AvgIpc) is 3.22. The van der Waals surface area contributed by atoms with E-state index in [-0.39, 0.29) is 16.2 Å². The van der Waals surface area contributed by atoms with Crippen molar-refractivity contribution < 1.29 is 45.4 Å². The summed E-state index contributed by atoms with van der Waals surface area (Å²) < 4.78 is 99.7. The second kappa shape index (κ2) is 9.79. The molecule has 0 fully saturated rings. The van der Waals surface area contributed by atoms with Gasteiger partial charge in [-0.15, -0.1) is 0 Å². The Morgan fingerprint density at radius 3 is 1.90 bits per heavy atom. The van der Waals surface area contributed by atoms with Crippen LogP contribution in [0.5, 0.6) is 5.75 Å². The maximum atomic E-state index is 14.4. The number of nitrogens with zero attached hydrogens (tertiary/aromatic N) is 2. The van der Waals surface area contributed by atoms with Crippen LogP contribution in [0.15, 0.2) is 59.7 Å². The van der Waals surface area contributed by atoms with E-state index in [1.54, 1.807) is 24.3 Å². The monoisotopic (exact) mass is 562 g/mol. The van der Waals surface area contributed by atoms with Gasteiger partial charge in [-0.2, -0.15) is 40.8 Å². The van der Waals surface area contributed by atoms with Crippen LogP contribution in [-0.2, 0) is 10.2 Å². The molecular weight excluding hydrogens is 533 g/mol. The van der Waals surface area contributed by atoms with Crippen molar-refractivity contribution in [3.8, 4) is 5.75 Å². The van der Waals surface area contributed by atoms with Crippen molar-refractivity contribution in [2.75, 3.05) is 6.61 Å². The Kier molecular flexibility index (Phi) is 7.63. The number of rotatable bonds is 7. The fourth-order valence-electron chi connectivity index (χ4n) is 4.12. The van der Waals surface area contributed by atoms with Crippen molar-refractivity contribution in [1.29, 1.82) is 0 Å². The number of benzene rings is 2. The summed E-state index contributed by atoms with van der Waals surface area (Å²) in [6.45, 7) is 7.03. The first-order valence-corrected chi connectivity index (χ1v) is 11.9. The summed E-state index contributed by atoms with van der Waals surface area (Å²) in [6, 6.07) is 16.3. The lowest BCUT2D eigenvalue weighted by Gasteiger charge is -2.41. The summed E-state index contributed by atoms with van der Waals surface area (Å²) in [4.78, 5) is 12.9. The van der Waals surface area contributed by atoms with Crippen LogP contribution in [-0.4, -0.2) is 52.1 Å². The number of alkyl halides is 7. The topological polar surface area (TPSA) is 62.1 Å². The van der Waals surface area contributed by atoms with Gasteiger partial charge in [-0.05, 0) is 23.3 Å². The zero-order chi connectivity index (χ0) is 29.7. The quantitative estimate of drug-likeness (QED) is 0.390. The molecule has 1 aliphatic rings. The van der Waals surface area contributed by atoms with Crippen LogP contribution in [0.3, 0.4) is 0 Å². The molecule has 0 aliphatic carbocycles. The first kappa shape index (κ1) is 30.4. The highest BCUT2D eigenvalue weighted by molar-refractivity contribution is 5.96. The Bertz CT molecular complexity index is 1220. The molecule has 1 heterocycles. The van der Waals surface area contributed by atoms with E-state index >= 15 is 0 Å². The summed E-state index contributed by atoms with van der Waals surface area (Å²) in [5.41, 5.74) is -4.48. The number of amides is 1. The zero-order valence-corrected chi connectivity index (χ0v) is 21.9. The van der Waals surface area contributed by atoms with Gasteiger partial charge in [0.25, 0.3) is 5.91 Å². The van der Waals surface area contributed by atoms with Crippen LogP contribution < -0.4 is 4.74 Å². The van der Waals surface area contributed by atoms with Crippen molar-refractivity contribution in [3.05, 3.63) is 65.7 Å². The van der Waals surface area contributed by atoms with Crippen LogP contribution in [0.1, 0.15) is 52.2 Å². The van der Waals surface area contributed by atoms with E-state index < -0.39 is 53.8 Å². The molecular formula is C27H29F7N2O3. The van der Waals surface area contributed by atoms with Crippen LogP contribution in [0.2, 0.25) is 0 Å². The normalized spacial score (nSPS) is 19.2.